The molecule has 0 saturated heterocycles. The van der Waals surface area contributed by atoms with Gasteiger partial charge in [0.05, 0.1) is 4.92 Å². The minimum absolute atomic E-state index is 0.00556. The van der Waals surface area contributed by atoms with Crippen LogP contribution in [-0.4, -0.2) is 20.5 Å². The number of rotatable bonds is 6. The molecule has 0 aliphatic carbocycles. The highest BCUT2D eigenvalue weighted by Gasteiger charge is 2.11. The largest absolute Gasteiger partial charge is 0.457 e. The summed E-state index contributed by atoms with van der Waals surface area (Å²) < 4.78 is 7.26. The average molecular weight is 337 g/mol. The van der Waals surface area contributed by atoms with Crippen molar-refractivity contribution in [1.82, 2.24) is 9.78 Å². The molecule has 3 rings (SSSR count). The van der Waals surface area contributed by atoms with Gasteiger partial charge in [0, 0.05) is 30.4 Å². The van der Waals surface area contributed by atoms with Gasteiger partial charge in [-0.1, -0.05) is 12.1 Å². The monoisotopic (exact) mass is 337 g/mol. The van der Waals surface area contributed by atoms with Crippen LogP contribution in [0.4, 0.5) is 5.69 Å². The molecule has 25 heavy (non-hydrogen) atoms. The SMILES string of the molecule is CCn1nccc1C(=O)/C=C/c1ccc(-c2cccc([N+](=O)[O-])c2)o1. The van der Waals surface area contributed by atoms with Gasteiger partial charge in [-0.15, -0.1) is 0 Å². The molecule has 3 aromatic rings. The molecule has 0 saturated carbocycles. The zero-order valence-corrected chi connectivity index (χ0v) is 13.5. The third kappa shape index (κ3) is 3.55. The van der Waals surface area contributed by atoms with Gasteiger partial charge in [-0.2, -0.15) is 5.10 Å². The second-order valence-corrected chi connectivity index (χ2v) is 5.24. The molecule has 7 heteroatoms. The van der Waals surface area contributed by atoms with Crippen molar-refractivity contribution >= 4 is 17.5 Å². The molecule has 1 aromatic carbocycles. The Kier molecular flexibility index (Phi) is 4.56. The van der Waals surface area contributed by atoms with Gasteiger partial charge in [-0.25, -0.2) is 0 Å². The Morgan fingerprint density at radius 1 is 1.32 bits per heavy atom. The van der Waals surface area contributed by atoms with E-state index in [2.05, 4.69) is 5.10 Å². The highest BCUT2D eigenvalue weighted by molar-refractivity contribution is 6.05. The lowest BCUT2D eigenvalue weighted by molar-refractivity contribution is -0.384. The summed E-state index contributed by atoms with van der Waals surface area (Å²) in [4.78, 5) is 22.6. The number of benzene rings is 1. The van der Waals surface area contributed by atoms with E-state index in [0.717, 1.165) is 0 Å². The van der Waals surface area contributed by atoms with Crippen LogP contribution in [0.1, 0.15) is 23.2 Å². The number of hydrogen-bond donors (Lipinski definition) is 0. The number of aryl methyl sites for hydroxylation is 1. The third-order valence-electron chi connectivity index (χ3n) is 3.64. The zero-order chi connectivity index (χ0) is 17.8. The first kappa shape index (κ1) is 16.4. The topological polar surface area (TPSA) is 91.2 Å². The maximum absolute atomic E-state index is 12.2. The number of nitro benzene ring substituents is 1. The van der Waals surface area contributed by atoms with Gasteiger partial charge in [-0.05, 0) is 37.3 Å². The van der Waals surface area contributed by atoms with E-state index < -0.39 is 4.92 Å². The highest BCUT2D eigenvalue weighted by Crippen LogP contribution is 2.26. The second-order valence-electron chi connectivity index (χ2n) is 5.24. The molecule has 0 N–H and O–H groups in total. The molecule has 0 bridgehead atoms. The first-order valence-corrected chi connectivity index (χ1v) is 7.67. The van der Waals surface area contributed by atoms with Gasteiger partial charge in [0.15, 0.2) is 0 Å². The lowest BCUT2D eigenvalue weighted by Gasteiger charge is -1.99. The van der Waals surface area contributed by atoms with Crippen LogP contribution in [0.25, 0.3) is 17.4 Å². The van der Waals surface area contributed by atoms with Crippen molar-refractivity contribution in [2.24, 2.45) is 0 Å². The lowest BCUT2D eigenvalue weighted by Crippen LogP contribution is -2.07. The number of non-ortho nitro benzene ring substituents is 1. The molecule has 7 nitrogen and oxygen atoms in total. The summed E-state index contributed by atoms with van der Waals surface area (Å²) in [5, 5.41) is 14.9. The third-order valence-corrected chi connectivity index (χ3v) is 3.64. The molecular weight excluding hydrogens is 322 g/mol. The van der Waals surface area contributed by atoms with Crippen molar-refractivity contribution in [3.05, 3.63) is 76.3 Å². The number of furan rings is 1. The van der Waals surface area contributed by atoms with E-state index >= 15 is 0 Å². The van der Waals surface area contributed by atoms with Crippen molar-refractivity contribution in [2.75, 3.05) is 0 Å². The molecule has 0 radical (unpaired) electrons. The van der Waals surface area contributed by atoms with E-state index in [1.165, 1.54) is 18.2 Å². The number of carbonyl (C=O) groups excluding carboxylic acids is 1. The van der Waals surface area contributed by atoms with Crippen LogP contribution in [0.3, 0.4) is 0 Å². The fourth-order valence-corrected chi connectivity index (χ4v) is 2.41. The smallest absolute Gasteiger partial charge is 0.270 e. The van der Waals surface area contributed by atoms with Crippen LogP contribution < -0.4 is 0 Å². The first-order valence-electron chi connectivity index (χ1n) is 7.67. The molecular formula is C18H15N3O4. The normalized spacial score (nSPS) is 11.1. The Morgan fingerprint density at radius 2 is 2.16 bits per heavy atom. The Morgan fingerprint density at radius 3 is 2.92 bits per heavy atom. The highest BCUT2D eigenvalue weighted by atomic mass is 16.6. The maximum Gasteiger partial charge on any atom is 0.270 e. The number of nitro groups is 1. The van der Waals surface area contributed by atoms with Crippen molar-refractivity contribution in [2.45, 2.75) is 13.5 Å². The van der Waals surface area contributed by atoms with E-state index in [1.807, 2.05) is 6.92 Å². The molecule has 126 valence electrons. The van der Waals surface area contributed by atoms with Crippen LogP contribution in [0.15, 0.2) is 59.2 Å². The van der Waals surface area contributed by atoms with Gasteiger partial charge in [0.2, 0.25) is 5.78 Å². The predicted octanol–water partition coefficient (Wildman–Crippen LogP) is 3.97. The van der Waals surface area contributed by atoms with Crippen molar-refractivity contribution in [3.63, 3.8) is 0 Å². The van der Waals surface area contributed by atoms with Crippen molar-refractivity contribution in [1.29, 1.82) is 0 Å². The summed E-state index contributed by atoms with van der Waals surface area (Å²) in [6.07, 6.45) is 4.56. The molecule has 0 aliphatic heterocycles. The van der Waals surface area contributed by atoms with Crippen LogP contribution in [-0.2, 0) is 6.54 Å². The van der Waals surface area contributed by atoms with E-state index in [4.69, 9.17) is 4.42 Å². The number of ketones is 1. The van der Waals surface area contributed by atoms with E-state index in [-0.39, 0.29) is 11.5 Å². The van der Waals surface area contributed by atoms with Gasteiger partial charge in [-0.3, -0.25) is 19.6 Å². The molecule has 0 aliphatic rings. The molecule has 0 unspecified atom stereocenters. The summed E-state index contributed by atoms with van der Waals surface area (Å²) in [5.41, 5.74) is 1.10. The minimum Gasteiger partial charge on any atom is -0.457 e. The van der Waals surface area contributed by atoms with Gasteiger partial charge < -0.3 is 4.42 Å². The Balaban J connectivity index is 1.79. The summed E-state index contributed by atoms with van der Waals surface area (Å²) >= 11 is 0. The Hall–Kier alpha value is -3.48. The summed E-state index contributed by atoms with van der Waals surface area (Å²) in [6.45, 7) is 2.52. The average Bonchev–Trinajstić information content (AvgIpc) is 3.29. The van der Waals surface area contributed by atoms with Crippen LogP contribution in [0.2, 0.25) is 0 Å². The maximum atomic E-state index is 12.2. The van der Waals surface area contributed by atoms with Crippen molar-refractivity contribution < 1.29 is 14.1 Å². The van der Waals surface area contributed by atoms with Crippen LogP contribution in [0.5, 0.6) is 0 Å². The number of nitrogens with zero attached hydrogens (tertiary/aromatic N) is 3. The predicted molar refractivity (Wildman–Crippen MR) is 92.1 cm³/mol. The fourth-order valence-electron chi connectivity index (χ4n) is 2.41. The molecule has 0 atom stereocenters. The summed E-state index contributed by atoms with van der Waals surface area (Å²) in [5.74, 6) is 0.805. The second kappa shape index (κ2) is 6.96. The van der Waals surface area contributed by atoms with Gasteiger partial charge in [0.1, 0.15) is 17.2 Å². The standard InChI is InChI=1S/C18H15N3O4/c1-2-20-16(10-11-19-20)17(22)8-6-15-7-9-18(25-15)13-4-3-5-14(12-13)21(23)24/h3-12H,2H2,1H3/b8-6+. The molecule has 0 fully saturated rings. The zero-order valence-electron chi connectivity index (χ0n) is 13.5. The molecule has 2 heterocycles. The number of hydrogen-bond acceptors (Lipinski definition) is 5. The van der Waals surface area contributed by atoms with Crippen LogP contribution >= 0.6 is 0 Å². The lowest BCUT2D eigenvalue weighted by atomic mass is 10.1. The summed E-state index contributed by atoms with van der Waals surface area (Å²) in [7, 11) is 0. The fraction of sp³-hybridized carbons (Fsp3) is 0.111. The molecule has 0 amide bonds. The van der Waals surface area contributed by atoms with E-state index in [1.54, 1.807) is 47.3 Å². The quantitative estimate of drug-likeness (QED) is 0.294. The van der Waals surface area contributed by atoms with E-state index in [0.29, 0.717) is 29.3 Å². The first-order chi connectivity index (χ1) is 12.1. The molecule has 0 spiro atoms. The Labute approximate surface area is 143 Å². The molecule has 2 aromatic heterocycles. The number of aromatic nitrogens is 2. The van der Waals surface area contributed by atoms with E-state index in [9.17, 15) is 14.9 Å². The number of carbonyl (C=O) groups is 1. The summed E-state index contributed by atoms with van der Waals surface area (Å²) in [6, 6.07) is 11.3. The Bertz CT molecular complexity index is 953. The van der Waals surface area contributed by atoms with Crippen molar-refractivity contribution in [3.8, 4) is 11.3 Å². The minimum atomic E-state index is -0.456. The van der Waals surface area contributed by atoms with Gasteiger partial charge >= 0.3 is 0 Å². The van der Waals surface area contributed by atoms with Gasteiger partial charge in [0.25, 0.3) is 5.69 Å². The number of allylic oxidation sites excluding steroid dienone is 1. The van der Waals surface area contributed by atoms with Crippen LogP contribution in [0, 0.1) is 10.1 Å².